The van der Waals surface area contributed by atoms with Crippen molar-refractivity contribution in [3.05, 3.63) is 58.1 Å². The molecule has 26 heavy (non-hydrogen) atoms. The molecular weight excluding hydrogens is 398 g/mol. The standard InChI is InChI=1S/C20H22BrNO4/c1-3-4-11-25-17-9-6-15(7-10-17)20(24)26-13-19(23)22-16-8-5-14(2)18(21)12-16/h5-10,12H,3-4,11,13H2,1-2H3,(H,22,23). The highest BCUT2D eigenvalue weighted by Gasteiger charge is 2.11. The highest BCUT2D eigenvalue weighted by atomic mass is 79.9. The molecule has 0 saturated carbocycles. The van der Waals surface area contributed by atoms with Crippen LogP contribution in [0.2, 0.25) is 0 Å². The van der Waals surface area contributed by atoms with E-state index >= 15 is 0 Å². The predicted octanol–water partition coefficient (Wildman–Crippen LogP) is 4.73. The van der Waals surface area contributed by atoms with Gasteiger partial charge in [0, 0.05) is 10.2 Å². The second-order valence-electron chi connectivity index (χ2n) is 5.81. The molecule has 138 valence electrons. The van der Waals surface area contributed by atoms with Crippen molar-refractivity contribution in [2.75, 3.05) is 18.5 Å². The minimum Gasteiger partial charge on any atom is -0.494 e. The van der Waals surface area contributed by atoms with Gasteiger partial charge < -0.3 is 14.8 Å². The van der Waals surface area contributed by atoms with E-state index in [1.165, 1.54) is 0 Å². The van der Waals surface area contributed by atoms with Gasteiger partial charge in [-0.3, -0.25) is 4.79 Å². The Morgan fingerprint density at radius 3 is 2.50 bits per heavy atom. The van der Waals surface area contributed by atoms with Crippen molar-refractivity contribution in [3.8, 4) is 5.75 Å². The summed E-state index contributed by atoms with van der Waals surface area (Å²) >= 11 is 3.41. The fraction of sp³-hybridized carbons (Fsp3) is 0.300. The molecule has 1 amide bonds. The zero-order chi connectivity index (χ0) is 18.9. The highest BCUT2D eigenvalue weighted by Crippen LogP contribution is 2.20. The molecule has 0 bridgehead atoms. The maximum atomic E-state index is 12.0. The summed E-state index contributed by atoms with van der Waals surface area (Å²) in [7, 11) is 0. The SMILES string of the molecule is CCCCOc1ccc(C(=O)OCC(=O)Nc2ccc(C)c(Br)c2)cc1. The van der Waals surface area contributed by atoms with E-state index in [1.54, 1.807) is 36.4 Å². The van der Waals surface area contributed by atoms with Gasteiger partial charge in [0.2, 0.25) is 0 Å². The van der Waals surface area contributed by atoms with Crippen LogP contribution in [0.5, 0.6) is 5.75 Å². The molecule has 0 aliphatic carbocycles. The zero-order valence-electron chi connectivity index (χ0n) is 14.9. The number of esters is 1. The van der Waals surface area contributed by atoms with Gasteiger partial charge in [-0.2, -0.15) is 0 Å². The Morgan fingerprint density at radius 2 is 1.85 bits per heavy atom. The van der Waals surface area contributed by atoms with Gasteiger partial charge in [-0.15, -0.1) is 0 Å². The largest absolute Gasteiger partial charge is 0.494 e. The summed E-state index contributed by atoms with van der Waals surface area (Å²) in [6, 6.07) is 12.2. The zero-order valence-corrected chi connectivity index (χ0v) is 16.5. The number of carbonyl (C=O) groups is 2. The number of unbranched alkanes of at least 4 members (excludes halogenated alkanes) is 1. The van der Waals surface area contributed by atoms with E-state index in [4.69, 9.17) is 9.47 Å². The molecule has 0 aliphatic rings. The van der Waals surface area contributed by atoms with Crippen LogP contribution >= 0.6 is 15.9 Å². The van der Waals surface area contributed by atoms with Gasteiger partial charge in [-0.25, -0.2) is 4.79 Å². The van der Waals surface area contributed by atoms with Crippen molar-refractivity contribution < 1.29 is 19.1 Å². The fourth-order valence-electron chi connectivity index (χ4n) is 2.10. The van der Waals surface area contributed by atoms with E-state index in [1.807, 2.05) is 13.0 Å². The number of rotatable bonds is 8. The number of amides is 1. The summed E-state index contributed by atoms with van der Waals surface area (Å²) in [6.45, 7) is 4.35. The molecule has 0 fully saturated rings. The van der Waals surface area contributed by atoms with Crippen molar-refractivity contribution in [3.63, 3.8) is 0 Å². The number of hydrogen-bond acceptors (Lipinski definition) is 4. The third-order valence-electron chi connectivity index (χ3n) is 3.65. The Bertz CT molecular complexity index is 759. The Morgan fingerprint density at radius 1 is 1.12 bits per heavy atom. The maximum absolute atomic E-state index is 12.0. The second kappa shape index (κ2) is 9.97. The molecule has 0 aromatic heterocycles. The summed E-state index contributed by atoms with van der Waals surface area (Å²) in [5.74, 6) is -0.239. The van der Waals surface area contributed by atoms with Crippen molar-refractivity contribution in [1.29, 1.82) is 0 Å². The Balaban J connectivity index is 1.81. The number of ether oxygens (including phenoxy) is 2. The summed E-state index contributed by atoms with van der Waals surface area (Å²) < 4.78 is 11.5. The van der Waals surface area contributed by atoms with E-state index in [2.05, 4.69) is 28.2 Å². The van der Waals surface area contributed by atoms with Crippen molar-refractivity contribution in [1.82, 2.24) is 0 Å². The third kappa shape index (κ3) is 6.19. The topological polar surface area (TPSA) is 64.6 Å². The van der Waals surface area contributed by atoms with Gasteiger partial charge in [-0.05, 0) is 55.3 Å². The van der Waals surface area contributed by atoms with Crippen LogP contribution in [0.3, 0.4) is 0 Å². The van der Waals surface area contributed by atoms with Crippen molar-refractivity contribution >= 4 is 33.5 Å². The number of halogens is 1. The van der Waals surface area contributed by atoms with Crippen LogP contribution in [-0.4, -0.2) is 25.1 Å². The van der Waals surface area contributed by atoms with Gasteiger partial charge in [0.1, 0.15) is 5.75 Å². The maximum Gasteiger partial charge on any atom is 0.338 e. The summed E-state index contributed by atoms with van der Waals surface area (Å²) in [5.41, 5.74) is 2.08. The normalized spacial score (nSPS) is 10.3. The van der Waals surface area contributed by atoms with E-state index in [-0.39, 0.29) is 6.61 Å². The average molecular weight is 420 g/mol. The lowest BCUT2D eigenvalue weighted by atomic mass is 10.2. The van der Waals surface area contributed by atoms with Crippen LogP contribution in [0.15, 0.2) is 46.9 Å². The van der Waals surface area contributed by atoms with E-state index in [0.717, 1.165) is 22.9 Å². The Kier molecular flexibility index (Phi) is 7.66. The lowest BCUT2D eigenvalue weighted by molar-refractivity contribution is -0.119. The fourth-order valence-corrected chi connectivity index (χ4v) is 2.48. The molecule has 5 nitrogen and oxygen atoms in total. The Labute approximate surface area is 161 Å². The predicted molar refractivity (Wildman–Crippen MR) is 105 cm³/mol. The van der Waals surface area contributed by atoms with Crippen LogP contribution in [0, 0.1) is 6.92 Å². The summed E-state index contributed by atoms with van der Waals surface area (Å²) in [4.78, 5) is 23.9. The molecule has 0 saturated heterocycles. The van der Waals surface area contributed by atoms with Crippen molar-refractivity contribution in [2.24, 2.45) is 0 Å². The minimum absolute atomic E-state index is 0.348. The number of aryl methyl sites for hydroxylation is 1. The number of benzene rings is 2. The molecule has 2 aromatic rings. The monoisotopic (exact) mass is 419 g/mol. The Hall–Kier alpha value is -2.34. The first-order valence-corrected chi connectivity index (χ1v) is 9.25. The van der Waals surface area contributed by atoms with Gasteiger partial charge in [-0.1, -0.05) is 35.3 Å². The molecular formula is C20H22BrNO4. The van der Waals surface area contributed by atoms with Crippen LogP contribution in [-0.2, 0) is 9.53 Å². The van der Waals surface area contributed by atoms with Gasteiger partial charge >= 0.3 is 5.97 Å². The van der Waals surface area contributed by atoms with Gasteiger partial charge in [0.05, 0.1) is 12.2 Å². The molecule has 6 heteroatoms. The molecule has 1 N–H and O–H groups in total. The molecule has 2 rings (SSSR count). The van der Waals surface area contributed by atoms with Crippen molar-refractivity contribution in [2.45, 2.75) is 26.7 Å². The first-order chi connectivity index (χ1) is 12.5. The van der Waals surface area contributed by atoms with Crippen LogP contribution in [0.1, 0.15) is 35.7 Å². The van der Waals surface area contributed by atoms with Crippen LogP contribution < -0.4 is 10.1 Å². The molecule has 0 atom stereocenters. The lowest BCUT2D eigenvalue weighted by Crippen LogP contribution is -2.20. The molecule has 0 unspecified atom stereocenters. The number of carbonyl (C=O) groups excluding carboxylic acids is 2. The van der Waals surface area contributed by atoms with E-state index < -0.39 is 11.9 Å². The van der Waals surface area contributed by atoms with Crippen LogP contribution in [0.25, 0.3) is 0 Å². The molecule has 0 radical (unpaired) electrons. The summed E-state index contributed by atoms with van der Waals surface area (Å²) in [5, 5.41) is 2.69. The number of hydrogen-bond donors (Lipinski definition) is 1. The number of anilines is 1. The minimum atomic E-state index is -0.551. The van der Waals surface area contributed by atoms with Gasteiger partial charge in [0.15, 0.2) is 6.61 Å². The van der Waals surface area contributed by atoms with Crippen LogP contribution in [0.4, 0.5) is 5.69 Å². The quantitative estimate of drug-likeness (QED) is 0.495. The lowest BCUT2D eigenvalue weighted by Gasteiger charge is -2.09. The smallest absolute Gasteiger partial charge is 0.338 e. The highest BCUT2D eigenvalue weighted by molar-refractivity contribution is 9.10. The molecule has 0 heterocycles. The molecule has 2 aromatic carbocycles. The van der Waals surface area contributed by atoms with E-state index in [9.17, 15) is 9.59 Å². The van der Waals surface area contributed by atoms with E-state index in [0.29, 0.717) is 23.6 Å². The third-order valence-corrected chi connectivity index (χ3v) is 4.50. The average Bonchev–Trinajstić information content (AvgIpc) is 2.63. The molecule has 0 aliphatic heterocycles. The number of nitrogens with one attached hydrogen (secondary N) is 1. The second-order valence-corrected chi connectivity index (χ2v) is 6.67. The first-order valence-electron chi connectivity index (χ1n) is 8.45. The summed E-state index contributed by atoms with van der Waals surface area (Å²) in [6.07, 6.45) is 2.04. The van der Waals surface area contributed by atoms with Gasteiger partial charge in [0.25, 0.3) is 5.91 Å². The molecule has 0 spiro atoms. The first kappa shape index (κ1) is 20.0.